The predicted octanol–water partition coefficient (Wildman–Crippen LogP) is 1.44. The summed E-state index contributed by atoms with van der Waals surface area (Å²) in [5.41, 5.74) is 1.71. The van der Waals surface area contributed by atoms with Gasteiger partial charge in [-0.2, -0.15) is 5.10 Å². The highest BCUT2D eigenvalue weighted by atomic mass is 15.2. The van der Waals surface area contributed by atoms with Crippen LogP contribution in [-0.2, 0) is 0 Å². The van der Waals surface area contributed by atoms with E-state index >= 15 is 0 Å². The number of hydrogen-bond acceptors (Lipinski definition) is 4. The van der Waals surface area contributed by atoms with Crippen molar-refractivity contribution in [3.8, 4) is 11.4 Å². The molecule has 5 nitrogen and oxygen atoms in total. The molecule has 76 valence electrons. The summed E-state index contributed by atoms with van der Waals surface area (Å²) in [5.74, 6) is 0.887. The zero-order valence-corrected chi connectivity index (χ0v) is 8.14. The Hall–Kier alpha value is -1.91. The number of rotatable bonds is 3. The fraction of sp³-hybridized carbons (Fsp3) is 0.300. The standard InChI is InChI=1S/C10H11N5/c1-2-7(1)13-10-5-8(14-15-10)9-6-11-3-4-12-9/h3-7H,1-2H2,(H2,13,14,15). The summed E-state index contributed by atoms with van der Waals surface area (Å²) in [5, 5.41) is 10.4. The fourth-order valence-corrected chi connectivity index (χ4v) is 1.40. The minimum Gasteiger partial charge on any atom is -0.366 e. The first-order chi connectivity index (χ1) is 7.42. The van der Waals surface area contributed by atoms with Crippen LogP contribution in [0.15, 0.2) is 24.7 Å². The van der Waals surface area contributed by atoms with E-state index in [1.165, 1.54) is 12.8 Å². The van der Waals surface area contributed by atoms with Crippen LogP contribution in [0.2, 0.25) is 0 Å². The molecule has 1 aliphatic rings. The quantitative estimate of drug-likeness (QED) is 0.788. The van der Waals surface area contributed by atoms with Crippen molar-refractivity contribution < 1.29 is 0 Å². The van der Waals surface area contributed by atoms with Gasteiger partial charge in [0.05, 0.1) is 11.9 Å². The number of nitrogens with one attached hydrogen (secondary N) is 2. The molecule has 0 radical (unpaired) electrons. The van der Waals surface area contributed by atoms with Gasteiger partial charge in [0, 0.05) is 24.5 Å². The topological polar surface area (TPSA) is 66.5 Å². The van der Waals surface area contributed by atoms with Crippen LogP contribution in [0, 0.1) is 0 Å². The Morgan fingerprint density at radius 3 is 3.00 bits per heavy atom. The Morgan fingerprint density at radius 1 is 1.33 bits per heavy atom. The van der Waals surface area contributed by atoms with E-state index in [2.05, 4.69) is 25.5 Å². The van der Waals surface area contributed by atoms with Crippen LogP contribution in [-0.4, -0.2) is 26.2 Å². The summed E-state index contributed by atoms with van der Waals surface area (Å²) in [7, 11) is 0. The second-order valence-electron chi connectivity index (χ2n) is 3.68. The summed E-state index contributed by atoms with van der Waals surface area (Å²) in [6.07, 6.45) is 7.53. The average molecular weight is 201 g/mol. The van der Waals surface area contributed by atoms with Crippen molar-refractivity contribution in [2.45, 2.75) is 18.9 Å². The minimum absolute atomic E-state index is 0.614. The molecule has 0 spiro atoms. The van der Waals surface area contributed by atoms with Crippen LogP contribution in [0.3, 0.4) is 0 Å². The largest absolute Gasteiger partial charge is 0.366 e. The smallest absolute Gasteiger partial charge is 0.148 e. The molecule has 0 unspecified atom stereocenters. The number of aromatic nitrogens is 4. The summed E-state index contributed by atoms with van der Waals surface area (Å²) < 4.78 is 0. The molecule has 2 heterocycles. The molecule has 0 aliphatic heterocycles. The van der Waals surface area contributed by atoms with Gasteiger partial charge in [0.15, 0.2) is 0 Å². The summed E-state index contributed by atoms with van der Waals surface area (Å²) in [6, 6.07) is 2.57. The SMILES string of the molecule is c1cnc(-c2cc(NC3CC3)n[nH]2)cn1. The molecule has 0 bridgehead atoms. The molecule has 0 amide bonds. The van der Waals surface area contributed by atoms with Gasteiger partial charge in [-0.3, -0.25) is 15.1 Å². The third-order valence-electron chi connectivity index (χ3n) is 2.35. The number of aromatic amines is 1. The maximum Gasteiger partial charge on any atom is 0.148 e. The van der Waals surface area contributed by atoms with Gasteiger partial charge >= 0.3 is 0 Å². The molecular formula is C10H11N5. The molecule has 2 aromatic rings. The van der Waals surface area contributed by atoms with Crippen LogP contribution in [0.4, 0.5) is 5.82 Å². The van der Waals surface area contributed by atoms with Crippen molar-refractivity contribution in [2.24, 2.45) is 0 Å². The van der Waals surface area contributed by atoms with Crippen LogP contribution < -0.4 is 5.32 Å². The number of hydrogen-bond donors (Lipinski definition) is 2. The van der Waals surface area contributed by atoms with E-state index < -0.39 is 0 Å². The first-order valence-electron chi connectivity index (χ1n) is 5.00. The van der Waals surface area contributed by atoms with E-state index in [0.29, 0.717) is 6.04 Å². The molecule has 5 heteroatoms. The highest BCUT2D eigenvalue weighted by Gasteiger charge is 2.21. The number of nitrogens with zero attached hydrogens (tertiary/aromatic N) is 3. The molecule has 1 aliphatic carbocycles. The van der Waals surface area contributed by atoms with E-state index in [1.807, 2.05) is 6.07 Å². The second-order valence-corrected chi connectivity index (χ2v) is 3.68. The van der Waals surface area contributed by atoms with E-state index in [4.69, 9.17) is 0 Å². The van der Waals surface area contributed by atoms with Gasteiger partial charge in [-0.05, 0) is 12.8 Å². The van der Waals surface area contributed by atoms with E-state index in [0.717, 1.165) is 17.2 Å². The maximum absolute atomic E-state index is 4.20. The fourth-order valence-electron chi connectivity index (χ4n) is 1.40. The van der Waals surface area contributed by atoms with Crippen LogP contribution in [0.5, 0.6) is 0 Å². The Kier molecular flexibility index (Phi) is 1.87. The van der Waals surface area contributed by atoms with E-state index in [1.54, 1.807) is 18.6 Å². The normalized spacial score (nSPS) is 15.2. The van der Waals surface area contributed by atoms with Gasteiger partial charge in [0.25, 0.3) is 0 Å². The molecule has 15 heavy (non-hydrogen) atoms. The molecule has 1 saturated carbocycles. The summed E-state index contributed by atoms with van der Waals surface area (Å²) in [6.45, 7) is 0. The lowest BCUT2D eigenvalue weighted by Crippen LogP contribution is -2.00. The zero-order valence-electron chi connectivity index (χ0n) is 8.14. The Labute approximate surface area is 87.0 Å². The first-order valence-corrected chi connectivity index (χ1v) is 5.00. The summed E-state index contributed by atoms with van der Waals surface area (Å²) >= 11 is 0. The zero-order chi connectivity index (χ0) is 10.1. The lowest BCUT2D eigenvalue weighted by atomic mass is 10.3. The van der Waals surface area contributed by atoms with Gasteiger partial charge in [-0.15, -0.1) is 0 Å². The molecular weight excluding hydrogens is 190 g/mol. The van der Waals surface area contributed by atoms with Crippen molar-refractivity contribution in [2.75, 3.05) is 5.32 Å². The van der Waals surface area contributed by atoms with Gasteiger partial charge in [0.1, 0.15) is 11.5 Å². The third-order valence-corrected chi connectivity index (χ3v) is 2.35. The molecule has 0 aromatic carbocycles. The Morgan fingerprint density at radius 2 is 2.27 bits per heavy atom. The van der Waals surface area contributed by atoms with Crippen molar-refractivity contribution in [1.82, 2.24) is 20.2 Å². The first kappa shape index (κ1) is 8.40. The highest BCUT2D eigenvalue weighted by molar-refractivity contribution is 5.57. The van der Waals surface area contributed by atoms with Crippen molar-refractivity contribution in [1.29, 1.82) is 0 Å². The summed E-state index contributed by atoms with van der Waals surface area (Å²) in [4.78, 5) is 8.21. The molecule has 2 N–H and O–H groups in total. The third kappa shape index (κ3) is 1.81. The maximum atomic E-state index is 4.20. The van der Waals surface area contributed by atoms with Crippen LogP contribution in [0.25, 0.3) is 11.4 Å². The second kappa shape index (κ2) is 3.34. The molecule has 1 fully saturated rings. The minimum atomic E-state index is 0.614. The van der Waals surface area contributed by atoms with Crippen LogP contribution >= 0.6 is 0 Å². The van der Waals surface area contributed by atoms with Gasteiger partial charge in [-0.25, -0.2) is 0 Å². The van der Waals surface area contributed by atoms with Crippen LogP contribution in [0.1, 0.15) is 12.8 Å². The van der Waals surface area contributed by atoms with E-state index in [-0.39, 0.29) is 0 Å². The van der Waals surface area contributed by atoms with Crippen molar-refractivity contribution >= 4 is 5.82 Å². The Balaban J connectivity index is 1.83. The lowest BCUT2D eigenvalue weighted by molar-refractivity contribution is 1.04. The molecule has 2 aromatic heterocycles. The van der Waals surface area contributed by atoms with Crippen molar-refractivity contribution in [3.63, 3.8) is 0 Å². The molecule has 3 rings (SSSR count). The Bertz CT molecular complexity index is 446. The molecule has 0 atom stereocenters. The lowest BCUT2D eigenvalue weighted by Gasteiger charge is -1.95. The predicted molar refractivity (Wildman–Crippen MR) is 56.3 cm³/mol. The van der Waals surface area contributed by atoms with Gasteiger partial charge in [-0.1, -0.05) is 0 Å². The molecule has 0 saturated heterocycles. The number of H-pyrrole nitrogens is 1. The number of anilines is 1. The van der Waals surface area contributed by atoms with Crippen molar-refractivity contribution in [3.05, 3.63) is 24.7 Å². The van der Waals surface area contributed by atoms with Gasteiger partial charge < -0.3 is 5.32 Å². The average Bonchev–Trinajstić information content (AvgIpc) is 2.96. The van der Waals surface area contributed by atoms with E-state index in [9.17, 15) is 0 Å². The highest BCUT2D eigenvalue weighted by Crippen LogP contribution is 2.25. The monoisotopic (exact) mass is 201 g/mol. The van der Waals surface area contributed by atoms with Gasteiger partial charge in [0.2, 0.25) is 0 Å².